The predicted molar refractivity (Wildman–Crippen MR) is 601 cm³/mol. The van der Waals surface area contributed by atoms with Gasteiger partial charge in [-0.25, -0.2) is 24.7 Å². The van der Waals surface area contributed by atoms with Crippen LogP contribution in [0.5, 0.6) is 17.2 Å². The third-order valence-corrected chi connectivity index (χ3v) is 24.3. The second-order valence-corrected chi connectivity index (χ2v) is 36.4. The number of aliphatic hydroxyl groups is 3. The number of nitrogens with zero attached hydrogens (tertiary/aromatic N) is 6. The van der Waals surface area contributed by atoms with Crippen LogP contribution < -0.4 is 91.1 Å². The maximum absolute atomic E-state index is 12.3. The number of hydrogen-bond donors (Lipinski definition) is 18. The van der Waals surface area contributed by atoms with E-state index in [9.17, 15) is 44.1 Å². The monoisotopic (exact) mass is 2190 g/mol. The summed E-state index contributed by atoms with van der Waals surface area (Å²) in [7, 11) is 0. The van der Waals surface area contributed by atoms with Crippen molar-refractivity contribution in [2.75, 3.05) is 104 Å². The largest absolute Gasteiger partial charge is 0.487 e. The Hall–Kier alpha value is -12.3. The van der Waals surface area contributed by atoms with Crippen molar-refractivity contribution in [3.8, 4) is 17.2 Å². The molecule has 0 bridgehead atoms. The first-order valence-electron chi connectivity index (χ1n) is 50.2. The van der Waals surface area contributed by atoms with Gasteiger partial charge in [-0.2, -0.15) is 0 Å². The number of amidine groups is 1. The molecule has 6 amide bonds. The highest BCUT2D eigenvalue weighted by Gasteiger charge is 2.22. The lowest BCUT2D eigenvalue weighted by molar-refractivity contribution is -0.106. The number of aliphatic hydroxyl groups excluding tert-OH is 3. The number of alkyl carbamates (subject to hydrolysis) is 1. The first-order chi connectivity index (χ1) is 71.1. The molecule has 0 saturated heterocycles. The van der Waals surface area contributed by atoms with Crippen molar-refractivity contribution in [2.45, 2.75) is 225 Å². The van der Waals surface area contributed by atoms with E-state index >= 15 is 0 Å². The average molecular weight is 2190 g/mol. The maximum Gasteiger partial charge on any atom is 0.407 e. The van der Waals surface area contributed by atoms with E-state index in [1.807, 2.05) is 164 Å². The molecule has 0 fully saturated rings. The molecule has 0 aliphatic carbocycles. The van der Waals surface area contributed by atoms with Crippen molar-refractivity contribution < 1.29 is 63.0 Å². The molecule has 24 N–H and O–H groups in total. The van der Waals surface area contributed by atoms with Gasteiger partial charge < -0.3 is 106 Å². The van der Waals surface area contributed by atoms with Gasteiger partial charge in [0.05, 0.1) is 35.4 Å². The molecule has 147 heavy (non-hydrogen) atoms. The molecule has 34 nitrogen and oxygen atoms in total. The number of hydrogen-bond acceptors (Lipinski definition) is 28. The molecule has 0 radical (unpaired) electrons. The topological polar surface area (TPSA) is 543 Å². The number of nitrogen functional groups attached to an aromatic ring is 4. The second kappa shape index (κ2) is 75.4. The molecule has 38 heteroatoms. The van der Waals surface area contributed by atoms with Gasteiger partial charge >= 0.3 is 6.09 Å². The Morgan fingerprint density at radius 2 is 0.762 bits per heavy atom. The summed E-state index contributed by atoms with van der Waals surface area (Å²) in [6.07, 6.45) is 32.5. The normalized spacial score (nSPS) is 11.5. The van der Waals surface area contributed by atoms with Crippen molar-refractivity contribution >= 4 is 148 Å². The van der Waals surface area contributed by atoms with Crippen LogP contribution in [0.3, 0.4) is 0 Å². The molecular weight excluding hydrogens is 2040 g/mol. The molecule has 10 rings (SSSR count). The van der Waals surface area contributed by atoms with Crippen LogP contribution in [0.2, 0.25) is 10.3 Å². The number of rotatable bonds is 65. The summed E-state index contributed by atoms with van der Waals surface area (Å²) in [5.41, 5.74) is 42.1. The van der Waals surface area contributed by atoms with Crippen LogP contribution in [-0.2, 0) is 52.1 Å². The number of carbonyl (C=O) groups excluding carboxylic acids is 6. The molecule has 0 saturated carbocycles. The lowest BCUT2D eigenvalue weighted by Gasteiger charge is -2.26. The van der Waals surface area contributed by atoms with Crippen molar-refractivity contribution in [3.63, 3.8) is 0 Å². The molecule has 0 spiro atoms. The van der Waals surface area contributed by atoms with E-state index in [1.54, 1.807) is 36.6 Å². The smallest absolute Gasteiger partial charge is 0.407 e. The molecular formula is C109H150Cl2IN21O13S. The van der Waals surface area contributed by atoms with Crippen LogP contribution in [0.15, 0.2) is 211 Å². The van der Waals surface area contributed by atoms with Gasteiger partial charge in [0.1, 0.15) is 43.7 Å². The fraction of sp³-hybridized carbons (Fsp3) is 0.413. The minimum atomic E-state index is -0.718. The minimum Gasteiger partial charge on any atom is -0.487 e. The lowest BCUT2D eigenvalue weighted by Crippen LogP contribution is -2.38. The molecule has 2 heterocycles. The Labute approximate surface area is 896 Å². The van der Waals surface area contributed by atoms with Crippen LogP contribution in [0.4, 0.5) is 45.1 Å². The number of carbonyl (C=O) groups is 6. The molecule has 0 aliphatic heterocycles. The van der Waals surface area contributed by atoms with Crippen molar-refractivity contribution in [2.24, 2.45) is 16.5 Å². The van der Waals surface area contributed by atoms with Gasteiger partial charge in [-0.15, -0.1) is 24.0 Å². The number of unbranched alkanes of at least 4 members (excludes halogenated alkanes) is 24. The van der Waals surface area contributed by atoms with Crippen LogP contribution in [0.25, 0.3) is 0 Å². The van der Waals surface area contributed by atoms with E-state index in [1.165, 1.54) is 102 Å². The SMILES string of the molecule is CSC(=N)NC(=O)c1nc(Cl)c(N)nc1N.I.NC(=NCCCCCCCCCCCNC[C@H](O)c1ccc(OCc2ccccc2)c(NC=O)c1)NC(=O)c1nc(Cl)c(N)nc1N.NCCCCCCCCCCCNC[C@H](O)c1ccc(OCc2ccccc2)c(NC=O)c1.O=CNc1cc([C@@H](O)CN(CCCCCCCCCCCNC(=O)OCc2ccccc2)Cc2ccccc2)ccc1OCc1ccccc1. The Morgan fingerprint density at radius 1 is 0.429 bits per heavy atom. The number of aromatic nitrogens is 4. The number of benzene rings is 8. The van der Waals surface area contributed by atoms with Gasteiger partial charge in [0.25, 0.3) is 11.8 Å². The van der Waals surface area contributed by atoms with E-state index in [0.717, 1.165) is 155 Å². The van der Waals surface area contributed by atoms with Crippen LogP contribution in [0.1, 0.15) is 257 Å². The third-order valence-electron chi connectivity index (χ3n) is 23.3. The standard InChI is InChI=1S/C42H53N3O5.C33H46ClN9O4.C27H41N3O3.C7H9ClN6OS.HI/c46-34-44-39-29-38(25-26-41(39)49-32-36-21-13-9-14-22-36)40(47)31-45(30-35-19-11-8-12-20-35)28-18-7-5-3-1-2-4-6-17-27-43-42(48)50-33-37-23-15-10-16-24-37;34-29-31(36)42-30(35)28(41-29)32(46)43-33(37)39-18-12-7-5-3-1-2-4-6-11-17-38-20-26(45)24-15-16-27(25(19-24)40-22-44)47-21-23-13-9-8-10-14-23;28-17-11-6-4-2-1-3-5-7-12-18-29-20-26(32)24-15-16-27(25(19-24)30-22-31)33-21-23-13-9-8-10-14-23;1-16-7(11)14-6(15)2-4(9)13-5(10)3(8)12-2;/h8-16,19-26,29,34,40,47H,1-7,17-18,27-28,30-33H2,(H,43,48)(H,44,46);8-10,13-16,19,22,26,38,45H,1-7,11-12,17-18,20-21H2,(H,40,44)(H4,35,36,42)(H3,37,39,43,46);8-10,13-16,19,22,26,29,32H,1-7,11-12,17-18,20-21,28H2,(H,30,31);1H3,(H4,9,10,13)(H2,11,14,15);1H/t40-;2*26-;;/m000../s1. The summed E-state index contributed by atoms with van der Waals surface area (Å²) in [5, 5.41) is 61.8. The van der Waals surface area contributed by atoms with Crippen molar-refractivity contribution in [1.82, 2.24) is 51.4 Å². The molecule has 8 aromatic carbocycles. The average Bonchev–Trinajstić information content (AvgIpc) is 0.846. The van der Waals surface area contributed by atoms with E-state index in [2.05, 4.69) is 84.5 Å². The van der Waals surface area contributed by atoms with Crippen LogP contribution in [0, 0.1) is 5.41 Å². The summed E-state index contributed by atoms with van der Waals surface area (Å²) in [6, 6.07) is 65.8. The number of anilines is 7. The Kier molecular flexibility index (Phi) is 63.2. The highest BCUT2D eigenvalue weighted by molar-refractivity contribution is 14.0. The van der Waals surface area contributed by atoms with Crippen LogP contribution >= 0.6 is 58.9 Å². The Bertz CT molecular complexity index is 5450. The number of thioether (sulfide) groups is 1. The first kappa shape index (κ1) is 123. The van der Waals surface area contributed by atoms with Gasteiger partial charge in [0, 0.05) is 39.3 Å². The van der Waals surface area contributed by atoms with E-state index < -0.39 is 30.1 Å². The number of halogens is 3. The van der Waals surface area contributed by atoms with E-state index in [0.29, 0.717) is 118 Å². The lowest BCUT2D eigenvalue weighted by atomic mass is 10.1. The summed E-state index contributed by atoms with van der Waals surface area (Å²) < 4.78 is 23.0. The zero-order valence-corrected chi connectivity index (χ0v) is 88.9. The zero-order chi connectivity index (χ0) is 105. The molecule has 0 aliphatic rings. The van der Waals surface area contributed by atoms with Crippen molar-refractivity contribution in [3.05, 3.63) is 272 Å². The second-order valence-electron chi connectivity index (χ2n) is 34.9. The summed E-state index contributed by atoms with van der Waals surface area (Å²) >= 11 is 12.5. The van der Waals surface area contributed by atoms with Gasteiger partial charge in [0.15, 0.2) is 56.1 Å². The summed E-state index contributed by atoms with van der Waals surface area (Å²) in [5.74, 6) is -0.00415. The van der Waals surface area contributed by atoms with Crippen LogP contribution in [-0.4, -0.2) is 154 Å². The quantitative estimate of drug-likeness (QED) is 0.00553. The highest BCUT2D eigenvalue weighted by atomic mass is 127. The van der Waals surface area contributed by atoms with E-state index in [-0.39, 0.29) is 86.2 Å². The minimum absolute atomic E-state index is 0. The van der Waals surface area contributed by atoms with Gasteiger partial charge in [-0.1, -0.05) is 340 Å². The molecule has 10 aromatic rings. The van der Waals surface area contributed by atoms with Gasteiger partial charge in [-0.05, 0) is 152 Å². The number of aliphatic imine (C=N–C) groups is 1. The predicted octanol–water partition coefficient (Wildman–Crippen LogP) is 19.0. The number of ether oxygens (including phenoxy) is 4. The number of nitrogens with two attached hydrogens (primary N) is 6. The first-order valence-corrected chi connectivity index (χ1v) is 52.2. The number of amides is 6. The number of nitrogens with one attached hydrogen (secondary N) is 9. The molecule has 796 valence electrons. The van der Waals surface area contributed by atoms with Gasteiger partial charge in [-0.3, -0.25) is 44.6 Å². The highest BCUT2D eigenvalue weighted by Crippen LogP contribution is 2.34. The van der Waals surface area contributed by atoms with Crippen molar-refractivity contribution in [1.29, 1.82) is 5.41 Å². The summed E-state index contributed by atoms with van der Waals surface area (Å²) in [4.78, 5) is 90.6. The fourth-order valence-corrected chi connectivity index (χ4v) is 15.7. The Balaban J connectivity index is 0.000000316. The fourth-order valence-electron chi connectivity index (χ4n) is 15.3. The van der Waals surface area contributed by atoms with E-state index in [4.69, 9.17) is 82.0 Å². The maximum atomic E-state index is 12.3. The zero-order valence-electron chi connectivity index (χ0n) is 84.2. The molecule has 3 atom stereocenters. The molecule has 0 unspecified atom stereocenters. The van der Waals surface area contributed by atoms with Gasteiger partial charge in [0.2, 0.25) is 19.2 Å². The Morgan fingerprint density at radius 3 is 1.14 bits per heavy atom. The third kappa shape index (κ3) is 51.7. The molecule has 2 aromatic heterocycles. The summed E-state index contributed by atoms with van der Waals surface area (Å²) in [6.45, 7) is 8.19. The number of guanidine groups is 1.